The summed E-state index contributed by atoms with van der Waals surface area (Å²) in [6.07, 6.45) is 0. The molecule has 88 valence electrons. The maximum absolute atomic E-state index is 5.77. The molecule has 0 aliphatic rings. The zero-order chi connectivity index (χ0) is 12.3. The zero-order valence-corrected chi connectivity index (χ0v) is 11.2. The number of anilines is 3. The van der Waals surface area contributed by atoms with E-state index in [0.29, 0.717) is 11.9 Å². The second-order valence-corrected chi connectivity index (χ2v) is 4.39. The first-order chi connectivity index (χ1) is 8.17. The highest BCUT2D eigenvalue weighted by molar-refractivity contribution is 9.10. The topological polar surface area (TPSA) is 62.7 Å². The molecule has 17 heavy (non-hydrogen) atoms. The highest BCUT2D eigenvalue weighted by atomic mass is 79.9. The Balaban J connectivity index is 2.26. The third-order valence-corrected chi connectivity index (χ3v) is 2.57. The Hall–Kier alpha value is -1.40. The molecule has 0 saturated heterocycles. The van der Waals surface area contributed by atoms with Gasteiger partial charge in [-0.25, -0.2) is 0 Å². The summed E-state index contributed by atoms with van der Waals surface area (Å²) in [4.78, 5) is 12.0. The predicted octanol–water partition coefficient (Wildman–Crippen LogP) is 3.07. The fourth-order valence-electron chi connectivity index (χ4n) is 1.21. The van der Waals surface area contributed by atoms with E-state index in [2.05, 4.69) is 41.5 Å². The van der Waals surface area contributed by atoms with Crippen LogP contribution in [-0.2, 0) is 0 Å². The molecule has 0 bridgehead atoms. The number of aromatic nitrogens is 3. The SMILES string of the molecule is CNc1nc(Cl)nc(Nc2cccc(Br)c2)n1. The Bertz CT molecular complexity index is 534. The van der Waals surface area contributed by atoms with E-state index < -0.39 is 0 Å². The van der Waals surface area contributed by atoms with Gasteiger partial charge in [-0.1, -0.05) is 22.0 Å². The van der Waals surface area contributed by atoms with Crippen LogP contribution in [0.15, 0.2) is 28.7 Å². The lowest BCUT2D eigenvalue weighted by Gasteiger charge is -2.06. The third kappa shape index (κ3) is 3.28. The fourth-order valence-corrected chi connectivity index (χ4v) is 1.77. The van der Waals surface area contributed by atoms with Crippen LogP contribution in [0.2, 0.25) is 5.28 Å². The Labute approximate surface area is 112 Å². The van der Waals surface area contributed by atoms with Gasteiger partial charge in [0.25, 0.3) is 0 Å². The Kier molecular flexibility index (Phi) is 3.75. The number of benzene rings is 1. The van der Waals surface area contributed by atoms with Crippen LogP contribution >= 0.6 is 27.5 Å². The van der Waals surface area contributed by atoms with Crippen LogP contribution in [0.1, 0.15) is 0 Å². The highest BCUT2D eigenvalue weighted by Crippen LogP contribution is 2.19. The molecule has 0 saturated carbocycles. The van der Waals surface area contributed by atoms with Crippen LogP contribution in [0.4, 0.5) is 17.6 Å². The molecule has 2 aromatic rings. The van der Waals surface area contributed by atoms with Crippen molar-refractivity contribution in [2.24, 2.45) is 0 Å². The van der Waals surface area contributed by atoms with Crippen molar-refractivity contribution in [2.75, 3.05) is 17.7 Å². The van der Waals surface area contributed by atoms with Crippen molar-refractivity contribution in [1.29, 1.82) is 0 Å². The summed E-state index contributed by atoms with van der Waals surface area (Å²) in [6.45, 7) is 0. The third-order valence-electron chi connectivity index (χ3n) is 1.91. The van der Waals surface area contributed by atoms with Gasteiger partial charge in [0.2, 0.25) is 17.2 Å². The van der Waals surface area contributed by atoms with Gasteiger partial charge in [-0.05, 0) is 29.8 Å². The largest absolute Gasteiger partial charge is 0.357 e. The number of halogens is 2. The molecule has 0 atom stereocenters. The van der Waals surface area contributed by atoms with Crippen molar-refractivity contribution in [3.8, 4) is 0 Å². The summed E-state index contributed by atoms with van der Waals surface area (Å²) in [5.41, 5.74) is 0.865. The maximum atomic E-state index is 5.77. The number of hydrogen-bond acceptors (Lipinski definition) is 5. The summed E-state index contributed by atoms with van der Waals surface area (Å²) in [6, 6.07) is 7.66. The first-order valence-corrected chi connectivity index (χ1v) is 5.96. The molecule has 0 fully saturated rings. The molecule has 1 heterocycles. The van der Waals surface area contributed by atoms with Gasteiger partial charge in [-0.2, -0.15) is 15.0 Å². The zero-order valence-electron chi connectivity index (χ0n) is 8.91. The van der Waals surface area contributed by atoms with E-state index in [1.807, 2.05) is 24.3 Å². The van der Waals surface area contributed by atoms with Gasteiger partial charge < -0.3 is 10.6 Å². The van der Waals surface area contributed by atoms with Crippen molar-refractivity contribution in [3.05, 3.63) is 34.0 Å². The number of nitrogens with zero attached hydrogens (tertiary/aromatic N) is 3. The average Bonchev–Trinajstić information content (AvgIpc) is 2.28. The quantitative estimate of drug-likeness (QED) is 0.911. The minimum atomic E-state index is 0.141. The van der Waals surface area contributed by atoms with Gasteiger partial charge in [0, 0.05) is 17.2 Å². The number of rotatable bonds is 3. The second kappa shape index (κ2) is 5.29. The fraction of sp³-hybridized carbons (Fsp3) is 0.100. The first-order valence-electron chi connectivity index (χ1n) is 4.79. The summed E-state index contributed by atoms with van der Waals surface area (Å²) >= 11 is 9.16. The van der Waals surface area contributed by atoms with E-state index in [1.165, 1.54) is 0 Å². The molecule has 2 N–H and O–H groups in total. The van der Waals surface area contributed by atoms with E-state index in [-0.39, 0.29) is 5.28 Å². The lowest BCUT2D eigenvalue weighted by Crippen LogP contribution is -2.03. The van der Waals surface area contributed by atoms with Crippen LogP contribution in [0.3, 0.4) is 0 Å². The minimum Gasteiger partial charge on any atom is -0.357 e. The maximum Gasteiger partial charge on any atom is 0.233 e. The molecular weight excluding hydrogens is 306 g/mol. The van der Waals surface area contributed by atoms with Gasteiger partial charge in [-0.15, -0.1) is 0 Å². The first kappa shape index (κ1) is 12.1. The van der Waals surface area contributed by atoms with Crippen LogP contribution in [-0.4, -0.2) is 22.0 Å². The van der Waals surface area contributed by atoms with Crippen molar-refractivity contribution < 1.29 is 0 Å². The van der Waals surface area contributed by atoms with Gasteiger partial charge in [0.1, 0.15) is 0 Å². The summed E-state index contributed by atoms with van der Waals surface area (Å²) in [5, 5.41) is 5.99. The molecule has 0 amide bonds. The predicted molar refractivity (Wildman–Crippen MR) is 71.8 cm³/mol. The average molecular weight is 315 g/mol. The highest BCUT2D eigenvalue weighted by Gasteiger charge is 2.04. The lowest BCUT2D eigenvalue weighted by molar-refractivity contribution is 1.05. The van der Waals surface area contributed by atoms with Crippen LogP contribution < -0.4 is 10.6 Å². The number of hydrogen-bond donors (Lipinski definition) is 2. The van der Waals surface area contributed by atoms with E-state index in [0.717, 1.165) is 10.2 Å². The standard InChI is InChI=1S/C10H9BrClN5/c1-13-9-15-8(12)16-10(17-9)14-7-4-2-3-6(11)5-7/h2-5H,1H3,(H2,13,14,15,16,17). The van der Waals surface area contributed by atoms with Gasteiger partial charge in [0.15, 0.2) is 0 Å². The Morgan fingerprint density at radius 3 is 2.65 bits per heavy atom. The molecule has 2 rings (SSSR count). The molecule has 1 aromatic carbocycles. The molecule has 7 heteroatoms. The Morgan fingerprint density at radius 2 is 1.94 bits per heavy atom. The Morgan fingerprint density at radius 1 is 1.18 bits per heavy atom. The van der Waals surface area contributed by atoms with E-state index in [4.69, 9.17) is 11.6 Å². The van der Waals surface area contributed by atoms with Crippen molar-refractivity contribution in [3.63, 3.8) is 0 Å². The van der Waals surface area contributed by atoms with Crippen molar-refractivity contribution in [2.45, 2.75) is 0 Å². The monoisotopic (exact) mass is 313 g/mol. The second-order valence-electron chi connectivity index (χ2n) is 3.14. The van der Waals surface area contributed by atoms with Crippen molar-refractivity contribution >= 4 is 45.1 Å². The molecule has 0 aliphatic heterocycles. The van der Waals surface area contributed by atoms with Gasteiger partial charge >= 0.3 is 0 Å². The van der Waals surface area contributed by atoms with Gasteiger partial charge in [-0.3, -0.25) is 0 Å². The lowest BCUT2D eigenvalue weighted by atomic mass is 10.3. The van der Waals surface area contributed by atoms with Crippen molar-refractivity contribution in [1.82, 2.24) is 15.0 Å². The van der Waals surface area contributed by atoms with Crippen LogP contribution in [0.25, 0.3) is 0 Å². The molecule has 1 aromatic heterocycles. The molecule has 5 nitrogen and oxygen atoms in total. The smallest absolute Gasteiger partial charge is 0.233 e. The van der Waals surface area contributed by atoms with E-state index >= 15 is 0 Å². The van der Waals surface area contributed by atoms with Crippen LogP contribution in [0.5, 0.6) is 0 Å². The molecule has 0 aliphatic carbocycles. The normalized spacial score (nSPS) is 10.1. The summed E-state index contributed by atoms with van der Waals surface area (Å²) in [7, 11) is 1.72. The minimum absolute atomic E-state index is 0.141. The number of nitrogens with one attached hydrogen (secondary N) is 2. The molecule has 0 spiro atoms. The molecular formula is C10H9BrClN5. The van der Waals surface area contributed by atoms with E-state index in [1.54, 1.807) is 7.05 Å². The van der Waals surface area contributed by atoms with Crippen LogP contribution in [0, 0.1) is 0 Å². The molecule has 0 radical (unpaired) electrons. The molecule has 0 unspecified atom stereocenters. The summed E-state index contributed by atoms with van der Waals surface area (Å²) < 4.78 is 0.969. The van der Waals surface area contributed by atoms with E-state index in [9.17, 15) is 0 Å². The van der Waals surface area contributed by atoms with Gasteiger partial charge in [0.05, 0.1) is 0 Å². The summed E-state index contributed by atoms with van der Waals surface area (Å²) in [5.74, 6) is 0.815.